The quantitative estimate of drug-likeness (QED) is 0.848. The summed E-state index contributed by atoms with van der Waals surface area (Å²) in [5.41, 5.74) is -0.0921. The first-order valence-electron chi connectivity index (χ1n) is 8.58. The molecular weight excluding hydrogens is 326 g/mol. The van der Waals surface area contributed by atoms with Gasteiger partial charge in [0.15, 0.2) is 0 Å². The normalized spacial score (nSPS) is 18.2. The number of carbonyl (C=O) groups excluding carboxylic acids is 1. The van der Waals surface area contributed by atoms with E-state index in [0.29, 0.717) is 16.8 Å². The molecule has 7 heteroatoms. The molecule has 0 aliphatic carbocycles. The molecule has 0 N–H and O–H groups in total. The zero-order valence-electron chi connectivity index (χ0n) is 14.2. The van der Waals surface area contributed by atoms with Crippen molar-refractivity contribution in [3.8, 4) is 0 Å². The lowest BCUT2D eigenvalue weighted by molar-refractivity contribution is -0.135. The summed E-state index contributed by atoms with van der Waals surface area (Å²) in [5.74, 6) is -0.0301. The standard InChI is InChI=1S/C17H23N3O3S/c1-3-12-7-5-6-9-19(12)14(21)11-20-13-8-10-24-15(13)16(22)18(4-2)17(20)23/h8,10,12H,3-7,9,11H2,1-2H3/t12-/m0/s1. The Bertz CT molecular complexity index is 864. The number of hydrogen-bond acceptors (Lipinski definition) is 4. The average Bonchev–Trinajstić information content (AvgIpc) is 3.08. The molecule has 1 aliphatic rings. The van der Waals surface area contributed by atoms with E-state index in [9.17, 15) is 14.4 Å². The van der Waals surface area contributed by atoms with Crippen molar-refractivity contribution in [1.82, 2.24) is 14.0 Å². The Labute approximate surface area is 144 Å². The number of thiophene rings is 1. The predicted octanol–water partition coefficient (Wildman–Crippen LogP) is 2.04. The molecule has 0 unspecified atom stereocenters. The van der Waals surface area contributed by atoms with Crippen molar-refractivity contribution in [3.05, 3.63) is 32.3 Å². The van der Waals surface area contributed by atoms with Crippen LogP contribution in [0.15, 0.2) is 21.0 Å². The summed E-state index contributed by atoms with van der Waals surface area (Å²) < 4.78 is 3.20. The zero-order valence-corrected chi connectivity index (χ0v) is 15.0. The van der Waals surface area contributed by atoms with Crippen molar-refractivity contribution >= 4 is 27.5 Å². The Morgan fingerprint density at radius 2 is 2.04 bits per heavy atom. The Morgan fingerprint density at radius 3 is 2.75 bits per heavy atom. The minimum absolute atomic E-state index is 0.00282. The molecular formula is C17H23N3O3S. The second-order valence-electron chi connectivity index (χ2n) is 6.20. The van der Waals surface area contributed by atoms with Crippen LogP contribution in [-0.2, 0) is 17.9 Å². The van der Waals surface area contributed by atoms with E-state index in [2.05, 4.69) is 6.92 Å². The Morgan fingerprint density at radius 1 is 1.25 bits per heavy atom. The molecule has 1 saturated heterocycles. The van der Waals surface area contributed by atoms with Crippen LogP contribution in [0.1, 0.15) is 39.5 Å². The summed E-state index contributed by atoms with van der Waals surface area (Å²) in [7, 11) is 0. The van der Waals surface area contributed by atoms with Gasteiger partial charge in [-0.15, -0.1) is 11.3 Å². The minimum Gasteiger partial charge on any atom is -0.338 e. The number of amides is 1. The average molecular weight is 349 g/mol. The molecule has 24 heavy (non-hydrogen) atoms. The maximum absolute atomic E-state index is 12.8. The monoisotopic (exact) mass is 349 g/mol. The molecule has 6 nitrogen and oxygen atoms in total. The SMILES string of the molecule is CC[C@H]1CCCCN1C(=O)Cn1c(=O)n(CC)c(=O)c2sccc21. The number of piperidine rings is 1. The molecule has 2 aromatic rings. The summed E-state index contributed by atoms with van der Waals surface area (Å²) in [6.45, 7) is 4.93. The highest BCUT2D eigenvalue weighted by Crippen LogP contribution is 2.21. The van der Waals surface area contributed by atoms with Crippen molar-refractivity contribution in [1.29, 1.82) is 0 Å². The molecule has 1 fully saturated rings. The lowest BCUT2D eigenvalue weighted by Crippen LogP contribution is -2.47. The number of carbonyl (C=O) groups is 1. The third-order valence-corrected chi connectivity index (χ3v) is 5.76. The summed E-state index contributed by atoms with van der Waals surface area (Å²) >= 11 is 1.32. The van der Waals surface area contributed by atoms with Gasteiger partial charge in [0, 0.05) is 19.1 Å². The maximum atomic E-state index is 12.8. The van der Waals surface area contributed by atoms with Gasteiger partial charge in [-0.25, -0.2) is 4.79 Å². The number of aromatic nitrogens is 2. The van der Waals surface area contributed by atoms with E-state index in [4.69, 9.17) is 0 Å². The van der Waals surface area contributed by atoms with Gasteiger partial charge in [-0.1, -0.05) is 6.92 Å². The highest BCUT2D eigenvalue weighted by Gasteiger charge is 2.26. The van der Waals surface area contributed by atoms with Gasteiger partial charge in [0.25, 0.3) is 5.56 Å². The van der Waals surface area contributed by atoms with Gasteiger partial charge in [-0.3, -0.25) is 18.7 Å². The number of likely N-dealkylation sites (tertiary alicyclic amines) is 1. The smallest absolute Gasteiger partial charge is 0.331 e. The number of fused-ring (bicyclic) bond motifs is 1. The van der Waals surface area contributed by atoms with Crippen LogP contribution in [0.25, 0.3) is 10.2 Å². The molecule has 3 heterocycles. The Balaban J connectivity index is 2.01. The van der Waals surface area contributed by atoms with Gasteiger partial charge < -0.3 is 4.90 Å². The van der Waals surface area contributed by atoms with Crippen LogP contribution in [0.3, 0.4) is 0 Å². The first-order chi connectivity index (χ1) is 11.6. The van der Waals surface area contributed by atoms with E-state index in [-0.39, 0.29) is 24.1 Å². The third-order valence-electron chi connectivity index (χ3n) is 4.86. The van der Waals surface area contributed by atoms with Gasteiger partial charge in [-0.05, 0) is 44.1 Å². The van der Waals surface area contributed by atoms with E-state index >= 15 is 0 Å². The summed E-state index contributed by atoms with van der Waals surface area (Å²) in [6.07, 6.45) is 4.12. The lowest BCUT2D eigenvalue weighted by Gasteiger charge is -2.35. The van der Waals surface area contributed by atoms with Crippen molar-refractivity contribution < 1.29 is 4.79 Å². The topological polar surface area (TPSA) is 64.3 Å². The van der Waals surface area contributed by atoms with E-state index in [0.717, 1.165) is 32.2 Å². The van der Waals surface area contributed by atoms with Crippen LogP contribution in [0.4, 0.5) is 0 Å². The summed E-state index contributed by atoms with van der Waals surface area (Å²) in [6, 6.07) is 2.01. The first-order valence-corrected chi connectivity index (χ1v) is 9.46. The van der Waals surface area contributed by atoms with Crippen molar-refractivity contribution in [2.45, 2.75) is 58.7 Å². The molecule has 3 rings (SSSR count). The molecule has 2 aromatic heterocycles. The predicted molar refractivity (Wildman–Crippen MR) is 95.7 cm³/mol. The first kappa shape index (κ1) is 17.0. The Kier molecular flexibility index (Phi) is 4.89. The maximum Gasteiger partial charge on any atom is 0.331 e. The minimum atomic E-state index is -0.396. The van der Waals surface area contributed by atoms with Crippen LogP contribution in [0.5, 0.6) is 0 Å². The number of nitrogens with zero attached hydrogens (tertiary/aromatic N) is 3. The number of rotatable bonds is 4. The summed E-state index contributed by atoms with van der Waals surface area (Å²) in [5, 5.41) is 1.79. The van der Waals surface area contributed by atoms with Gasteiger partial charge in [-0.2, -0.15) is 0 Å². The van der Waals surface area contributed by atoms with Crippen LogP contribution in [0, 0.1) is 0 Å². The molecule has 1 amide bonds. The molecule has 0 spiro atoms. The molecule has 0 saturated carbocycles. The molecule has 0 aromatic carbocycles. The largest absolute Gasteiger partial charge is 0.338 e. The van der Waals surface area contributed by atoms with E-state index in [1.54, 1.807) is 18.4 Å². The van der Waals surface area contributed by atoms with Gasteiger partial charge in [0.2, 0.25) is 5.91 Å². The van der Waals surface area contributed by atoms with E-state index < -0.39 is 5.69 Å². The highest BCUT2D eigenvalue weighted by atomic mass is 32.1. The van der Waals surface area contributed by atoms with Gasteiger partial charge in [0.1, 0.15) is 11.2 Å². The zero-order chi connectivity index (χ0) is 17.3. The van der Waals surface area contributed by atoms with E-state index in [1.165, 1.54) is 20.5 Å². The molecule has 0 radical (unpaired) electrons. The number of hydrogen-bond donors (Lipinski definition) is 0. The molecule has 0 bridgehead atoms. The molecule has 130 valence electrons. The van der Waals surface area contributed by atoms with Crippen molar-refractivity contribution in [3.63, 3.8) is 0 Å². The Hall–Kier alpha value is -1.89. The van der Waals surface area contributed by atoms with Crippen LogP contribution in [-0.4, -0.2) is 32.5 Å². The fourth-order valence-corrected chi connectivity index (χ4v) is 4.39. The molecule has 1 atom stereocenters. The molecule has 1 aliphatic heterocycles. The van der Waals surface area contributed by atoms with Gasteiger partial charge >= 0.3 is 5.69 Å². The fraction of sp³-hybridized carbons (Fsp3) is 0.588. The van der Waals surface area contributed by atoms with Crippen molar-refractivity contribution in [2.75, 3.05) is 6.54 Å². The second-order valence-corrected chi connectivity index (χ2v) is 7.11. The van der Waals surface area contributed by atoms with Gasteiger partial charge in [0.05, 0.1) is 5.52 Å². The van der Waals surface area contributed by atoms with E-state index in [1.807, 2.05) is 4.90 Å². The van der Waals surface area contributed by atoms with Crippen LogP contribution in [0.2, 0.25) is 0 Å². The second kappa shape index (κ2) is 6.93. The highest BCUT2D eigenvalue weighted by molar-refractivity contribution is 7.17. The van der Waals surface area contributed by atoms with Crippen molar-refractivity contribution in [2.24, 2.45) is 0 Å². The third kappa shape index (κ3) is 2.81. The summed E-state index contributed by atoms with van der Waals surface area (Å²) in [4.78, 5) is 39.7. The van der Waals surface area contributed by atoms with Crippen LogP contribution >= 0.6 is 11.3 Å². The fourth-order valence-electron chi connectivity index (χ4n) is 3.54. The lowest BCUT2D eigenvalue weighted by atomic mass is 10.00. The van der Waals surface area contributed by atoms with Crippen LogP contribution < -0.4 is 11.2 Å².